The summed E-state index contributed by atoms with van der Waals surface area (Å²) >= 11 is 0. The highest BCUT2D eigenvalue weighted by Crippen LogP contribution is 2.42. The van der Waals surface area contributed by atoms with E-state index in [9.17, 15) is 9.59 Å². The number of carbonyl (C=O) groups excluding carboxylic acids is 1. The van der Waals surface area contributed by atoms with Gasteiger partial charge in [-0.2, -0.15) is 0 Å². The van der Waals surface area contributed by atoms with E-state index < -0.39 is 11.9 Å². The Labute approximate surface area is 164 Å². The zero-order valence-corrected chi connectivity index (χ0v) is 16.1. The molecule has 0 spiro atoms. The Morgan fingerprint density at radius 3 is 2.89 bits per heavy atom. The number of carbonyl (C=O) groups is 2. The van der Waals surface area contributed by atoms with Gasteiger partial charge in [0, 0.05) is 11.6 Å². The van der Waals surface area contributed by atoms with Crippen LogP contribution < -0.4 is 4.74 Å². The molecule has 1 N–H and O–H groups in total. The summed E-state index contributed by atoms with van der Waals surface area (Å²) in [6, 6.07) is 8.28. The average molecular weight is 386 g/mol. The van der Waals surface area contributed by atoms with E-state index in [2.05, 4.69) is 11.2 Å². The van der Waals surface area contributed by atoms with E-state index >= 15 is 0 Å². The first-order valence-corrected chi connectivity index (χ1v) is 9.45. The van der Waals surface area contributed by atoms with Gasteiger partial charge in [0.05, 0.1) is 30.8 Å². The van der Waals surface area contributed by atoms with Crippen LogP contribution in [0.4, 0.5) is 0 Å². The van der Waals surface area contributed by atoms with Crippen LogP contribution in [0.15, 0.2) is 28.9 Å². The van der Waals surface area contributed by atoms with Gasteiger partial charge in [0.25, 0.3) is 0 Å². The van der Waals surface area contributed by atoms with E-state index in [0.717, 1.165) is 41.7 Å². The molecule has 1 fully saturated rings. The Kier molecular flexibility index (Phi) is 6.46. The lowest BCUT2D eigenvalue weighted by atomic mass is 9.88. The minimum Gasteiger partial charge on any atom is -0.481 e. The van der Waals surface area contributed by atoms with Crippen molar-refractivity contribution >= 4 is 23.2 Å². The number of esters is 1. The first-order chi connectivity index (χ1) is 13.5. The maximum Gasteiger partial charge on any atom is 0.311 e. The lowest BCUT2D eigenvalue weighted by Crippen LogP contribution is -2.26. The molecule has 1 aromatic rings. The molecule has 1 aromatic carbocycles. The van der Waals surface area contributed by atoms with E-state index in [1.807, 2.05) is 13.0 Å². The average Bonchev–Trinajstić information content (AvgIpc) is 3.06. The summed E-state index contributed by atoms with van der Waals surface area (Å²) < 4.78 is 11.4. The lowest BCUT2D eigenvalue weighted by Gasteiger charge is -2.28. The van der Waals surface area contributed by atoms with Gasteiger partial charge in [0.2, 0.25) is 0 Å². The Morgan fingerprint density at radius 2 is 2.18 bits per heavy atom. The van der Waals surface area contributed by atoms with Crippen molar-refractivity contribution in [1.82, 2.24) is 0 Å². The van der Waals surface area contributed by atoms with Crippen LogP contribution in [0.1, 0.15) is 51.0 Å². The number of rotatable bonds is 8. The highest BCUT2D eigenvalue weighted by molar-refractivity contribution is 6.07. The minimum absolute atomic E-state index is 0.00615. The molecular weight excluding hydrogens is 362 g/mol. The zero-order valence-electron chi connectivity index (χ0n) is 16.1. The Hall–Kier alpha value is -2.67. The monoisotopic (exact) mass is 386 g/mol. The second-order valence-electron chi connectivity index (χ2n) is 6.80. The molecule has 3 rings (SSSR count). The second-order valence-corrected chi connectivity index (χ2v) is 6.80. The number of hydrogen-bond acceptors (Lipinski definition) is 6. The number of hydrogen-bond donors (Lipinski definition) is 1. The van der Waals surface area contributed by atoms with E-state index in [0.29, 0.717) is 6.42 Å². The first kappa shape index (κ1) is 20.1. The standard InChI is InChI=1S/C21H24NO6/c1-3-17(22-26-2)21-16(12-15-7-8-18(21)27-15)13-5-4-6-14(11-13)28-20(25)10-9-19(23)24/h4-5,11,15,18H,3,7-10,12H2,1-2H3,(H,23,24)/t15?,18-/m1/s1. The van der Waals surface area contributed by atoms with Crippen molar-refractivity contribution in [3.8, 4) is 5.75 Å². The topological polar surface area (TPSA) is 94.4 Å². The summed E-state index contributed by atoms with van der Waals surface area (Å²) in [6.07, 6.45) is 3.14. The second kappa shape index (κ2) is 9.01. The van der Waals surface area contributed by atoms with Gasteiger partial charge in [-0.15, -0.1) is 0 Å². The molecule has 0 saturated carbocycles. The van der Waals surface area contributed by atoms with Gasteiger partial charge in [-0.3, -0.25) is 9.59 Å². The van der Waals surface area contributed by atoms with Crippen LogP contribution in [0, 0.1) is 6.07 Å². The third-order valence-corrected chi connectivity index (χ3v) is 4.92. The molecule has 1 unspecified atom stereocenters. The number of carboxylic acid groups (broad SMARTS) is 1. The van der Waals surface area contributed by atoms with Crippen LogP contribution in [0.3, 0.4) is 0 Å². The van der Waals surface area contributed by atoms with Crippen molar-refractivity contribution in [2.24, 2.45) is 5.16 Å². The van der Waals surface area contributed by atoms with Gasteiger partial charge in [0.1, 0.15) is 12.9 Å². The normalized spacial score (nSPS) is 21.6. The molecular formula is C21H24NO6. The third kappa shape index (κ3) is 4.59. The van der Waals surface area contributed by atoms with Crippen molar-refractivity contribution in [3.63, 3.8) is 0 Å². The highest BCUT2D eigenvalue weighted by Gasteiger charge is 2.37. The van der Waals surface area contributed by atoms with E-state index in [1.165, 1.54) is 7.11 Å². The van der Waals surface area contributed by atoms with Crippen molar-refractivity contribution < 1.29 is 29.0 Å². The van der Waals surface area contributed by atoms with Crippen molar-refractivity contribution in [3.05, 3.63) is 35.4 Å². The van der Waals surface area contributed by atoms with Crippen molar-refractivity contribution in [1.29, 1.82) is 0 Å². The van der Waals surface area contributed by atoms with Gasteiger partial charge < -0.3 is 19.4 Å². The largest absolute Gasteiger partial charge is 0.481 e. The summed E-state index contributed by atoms with van der Waals surface area (Å²) in [5, 5.41) is 12.9. The smallest absolute Gasteiger partial charge is 0.311 e. The summed E-state index contributed by atoms with van der Waals surface area (Å²) in [5.74, 6) is -1.35. The van der Waals surface area contributed by atoms with E-state index in [-0.39, 0.29) is 30.8 Å². The molecule has 2 atom stereocenters. The molecule has 2 aliphatic rings. The van der Waals surface area contributed by atoms with Gasteiger partial charge in [-0.25, -0.2) is 0 Å². The van der Waals surface area contributed by atoms with Gasteiger partial charge in [-0.05, 0) is 49.0 Å². The number of fused-ring (bicyclic) bond motifs is 2. The molecule has 2 bridgehead atoms. The van der Waals surface area contributed by atoms with E-state index in [1.54, 1.807) is 12.1 Å². The number of ether oxygens (including phenoxy) is 2. The molecule has 2 aliphatic heterocycles. The Bertz CT molecular complexity index is 813. The van der Waals surface area contributed by atoms with Crippen LogP contribution >= 0.6 is 0 Å². The fourth-order valence-corrected chi connectivity index (χ4v) is 3.72. The first-order valence-electron chi connectivity index (χ1n) is 9.45. The highest BCUT2D eigenvalue weighted by atomic mass is 16.6. The number of aliphatic carboxylic acids is 1. The van der Waals surface area contributed by atoms with Crippen LogP contribution in [-0.4, -0.2) is 42.1 Å². The molecule has 1 radical (unpaired) electrons. The van der Waals surface area contributed by atoms with Crippen LogP contribution in [0.25, 0.3) is 5.57 Å². The molecule has 0 aromatic heterocycles. The fraction of sp³-hybridized carbons (Fsp3) is 0.476. The Balaban J connectivity index is 1.90. The molecule has 149 valence electrons. The quantitative estimate of drug-likeness (QED) is 0.319. The van der Waals surface area contributed by atoms with Crippen LogP contribution in [-0.2, 0) is 19.2 Å². The molecule has 1 saturated heterocycles. The van der Waals surface area contributed by atoms with Crippen molar-refractivity contribution in [2.75, 3.05) is 7.11 Å². The molecule has 0 amide bonds. The number of oxime groups is 1. The summed E-state index contributed by atoms with van der Waals surface area (Å²) in [7, 11) is 1.53. The summed E-state index contributed by atoms with van der Waals surface area (Å²) in [6.45, 7) is 2.03. The van der Waals surface area contributed by atoms with Gasteiger partial charge in [0.15, 0.2) is 0 Å². The van der Waals surface area contributed by atoms with Crippen molar-refractivity contribution in [2.45, 2.75) is 57.7 Å². The SMILES string of the molecule is CCC(=NOC)C1=C(c2cc[c]c(OC(=O)CCC(=O)O)c2)CC2CC[C@H]1O2. The van der Waals surface area contributed by atoms with Gasteiger partial charge >= 0.3 is 11.9 Å². The van der Waals surface area contributed by atoms with Gasteiger partial charge in [-0.1, -0.05) is 18.1 Å². The molecule has 7 heteroatoms. The maximum absolute atomic E-state index is 11.8. The maximum atomic E-state index is 11.8. The predicted octanol–water partition coefficient (Wildman–Crippen LogP) is 3.37. The summed E-state index contributed by atoms with van der Waals surface area (Å²) in [5.41, 5.74) is 3.95. The zero-order chi connectivity index (χ0) is 20.1. The Morgan fingerprint density at radius 1 is 1.36 bits per heavy atom. The van der Waals surface area contributed by atoms with Crippen LogP contribution in [0.2, 0.25) is 0 Å². The molecule has 7 nitrogen and oxygen atoms in total. The number of nitrogens with zero attached hydrogens (tertiary/aromatic N) is 1. The minimum atomic E-state index is -1.04. The van der Waals surface area contributed by atoms with Crippen LogP contribution in [0.5, 0.6) is 5.75 Å². The molecule has 28 heavy (non-hydrogen) atoms. The number of carboxylic acids is 1. The lowest BCUT2D eigenvalue weighted by molar-refractivity contribution is -0.142. The predicted molar refractivity (Wildman–Crippen MR) is 102 cm³/mol. The third-order valence-electron chi connectivity index (χ3n) is 4.92. The number of benzene rings is 1. The van der Waals surface area contributed by atoms with E-state index in [4.69, 9.17) is 19.4 Å². The molecule has 0 aliphatic carbocycles. The molecule has 2 heterocycles. The fourth-order valence-electron chi connectivity index (χ4n) is 3.72. The summed E-state index contributed by atoms with van der Waals surface area (Å²) in [4.78, 5) is 27.5.